The molecule has 0 spiro atoms. The Balaban J connectivity index is 2.71. The second-order valence-electron chi connectivity index (χ2n) is 4.06. The Morgan fingerprint density at radius 3 is 2.68 bits per heavy atom. The number of hydrogen-bond acceptors (Lipinski definition) is 3. The quantitative estimate of drug-likeness (QED) is 0.874. The lowest BCUT2D eigenvalue weighted by molar-refractivity contribution is 0.0697. The SMILES string of the molecule is COc1ccc(C)cc1-c1cnc(Cl)cc1C(=O)O. The summed E-state index contributed by atoms with van der Waals surface area (Å²) < 4.78 is 5.27. The molecule has 5 heteroatoms. The number of benzene rings is 1. The van der Waals surface area contributed by atoms with Gasteiger partial charge in [-0.1, -0.05) is 23.2 Å². The van der Waals surface area contributed by atoms with Crippen molar-refractivity contribution in [3.63, 3.8) is 0 Å². The fraction of sp³-hybridized carbons (Fsp3) is 0.143. The molecule has 1 heterocycles. The first-order chi connectivity index (χ1) is 9.02. The molecule has 0 aliphatic carbocycles. The van der Waals surface area contributed by atoms with Gasteiger partial charge in [-0.05, 0) is 25.1 Å². The van der Waals surface area contributed by atoms with E-state index < -0.39 is 5.97 Å². The predicted octanol–water partition coefficient (Wildman–Crippen LogP) is 3.42. The summed E-state index contributed by atoms with van der Waals surface area (Å²) in [6, 6.07) is 6.88. The molecule has 2 aromatic rings. The molecule has 0 radical (unpaired) electrons. The van der Waals surface area contributed by atoms with Crippen molar-refractivity contribution in [2.24, 2.45) is 0 Å². The number of pyridine rings is 1. The van der Waals surface area contributed by atoms with Crippen LogP contribution in [0.2, 0.25) is 5.15 Å². The zero-order valence-corrected chi connectivity index (χ0v) is 11.2. The van der Waals surface area contributed by atoms with Gasteiger partial charge in [0.1, 0.15) is 10.9 Å². The Kier molecular flexibility index (Phi) is 3.71. The van der Waals surface area contributed by atoms with Crippen LogP contribution in [0, 0.1) is 6.92 Å². The van der Waals surface area contributed by atoms with E-state index in [1.807, 2.05) is 19.1 Å². The number of nitrogens with zero attached hydrogens (tertiary/aromatic N) is 1. The summed E-state index contributed by atoms with van der Waals surface area (Å²) in [5.74, 6) is -0.458. The van der Waals surface area contributed by atoms with E-state index >= 15 is 0 Å². The maximum absolute atomic E-state index is 11.3. The number of ether oxygens (including phenoxy) is 1. The van der Waals surface area contributed by atoms with Crippen LogP contribution in [0.25, 0.3) is 11.1 Å². The molecule has 1 N–H and O–H groups in total. The van der Waals surface area contributed by atoms with E-state index in [0.717, 1.165) is 5.56 Å². The number of aryl methyl sites for hydroxylation is 1. The standard InChI is InChI=1S/C14H12ClNO3/c1-8-3-4-12(19-2)9(5-8)11-7-16-13(15)6-10(11)14(17)18/h3-7H,1-2H3,(H,17,18). The van der Waals surface area contributed by atoms with Crippen molar-refractivity contribution < 1.29 is 14.6 Å². The fourth-order valence-corrected chi connectivity index (χ4v) is 2.01. The van der Waals surface area contributed by atoms with Gasteiger partial charge in [0.2, 0.25) is 0 Å². The Morgan fingerprint density at radius 2 is 2.05 bits per heavy atom. The second-order valence-corrected chi connectivity index (χ2v) is 4.45. The van der Waals surface area contributed by atoms with Crippen LogP contribution in [-0.2, 0) is 0 Å². The molecule has 2 rings (SSSR count). The largest absolute Gasteiger partial charge is 0.496 e. The molecule has 0 aliphatic heterocycles. The summed E-state index contributed by atoms with van der Waals surface area (Å²) in [4.78, 5) is 15.3. The molecule has 19 heavy (non-hydrogen) atoms. The fourth-order valence-electron chi connectivity index (χ4n) is 1.85. The van der Waals surface area contributed by atoms with E-state index in [1.54, 1.807) is 6.07 Å². The maximum Gasteiger partial charge on any atom is 0.336 e. The van der Waals surface area contributed by atoms with Crippen molar-refractivity contribution in [2.75, 3.05) is 7.11 Å². The molecule has 0 saturated heterocycles. The number of halogens is 1. The molecule has 1 aromatic carbocycles. The molecule has 0 fully saturated rings. The molecule has 0 saturated carbocycles. The summed E-state index contributed by atoms with van der Waals surface area (Å²) in [5, 5.41) is 9.40. The molecule has 0 unspecified atom stereocenters. The Labute approximate surface area is 115 Å². The zero-order valence-electron chi connectivity index (χ0n) is 10.5. The first-order valence-corrected chi connectivity index (χ1v) is 5.94. The molecule has 0 bridgehead atoms. The first-order valence-electron chi connectivity index (χ1n) is 5.56. The minimum atomic E-state index is -1.05. The number of aromatic nitrogens is 1. The number of carbonyl (C=O) groups is 1. The van der Waals surface area contributed by atoms with Crippen molar-refractivity contribution in [1.82, 2.24) is 4.98 Å². The third-order valence-electron chi connectivity index (χ3n) is 2.75. The summed E-state index contributed by atoms with van der Waals surface area (Å²) in [7, 11) is 1.54. The maximum atomic E-state index is 11.3. The molecule has 0 aliphatic rings. The van der Waals surface area contributed by atoms with Gasteiger partial charge in [0.05, 0.1) is 12.7 Å². The van der Waals surface area contributed by atoms with E-state index in [0.29, 0.717) is 16.9 Å². The van der Waals surface area contributed by atoms with Gasteiger partial charge in [0.25, 0.3) is 0 Å². The van der Waals surface area contributed by atoms with Gasteiger partial charge < -0.3 is 9.84 Å². The third kappa shape index (κ3) is 2.69. The van der Waals surface area contributed by atoms with Crippen LogP contribution in [0.4, 0.5) is 0 Å². The molecule has 0 amide bonds. The number of methoxy groups -OCH3 is 1. The van der Waals surface area contributed by atoms with Gasteiger partial charge in [-0.2, -0.15) is 0 Å². The molecule has 0 atom stereocenters. The van der Waals surface area contributed by atoms with Crippen molar-refractivity contribution in [2.45, 2.75) is 6.92 Å². The van der Waals surface area contributed by atoms with E-state index in [2.05, 4.69) is 4.98 Å². The highest BCUT2D eigenvalue weighted by molar-refractivity contribution is 6.29. The molecule has 98 valence electrons. The predicted molar refractivity (Wildman–Crippen MR) is 72.9 cm³/mol. The van der Waals surface area contributed by atoms with Gasteiger partial charge in [-0.3, -0.25) is 0 Å². The molecular weight excluding hydrogens is 266 g/mol. The lowest BCUT2D eigenvalue weighted by atomic mass is 9.99. The lowest BCUT2D eigenvalue weighted by Gasteiger charge is -2.11. The Morgan fingerprint density at radius 1 is 1.32 bits per heavy atom. The van der Waals surface area contributed by atoms with Crippen molar-refractivity contribution in [3.05, 3.63) is 46.7 Å². The minimum absolute atomic E-state index is 0.101. The van der Waals surface area contributed by atoms with Gasteiger partial charge >= 0.3 is 5.97 Å². The highest BCUT2D eigenvalue weighted by Crippen LogP contribution is 2.33. The summed E-state index contributed by atoms with van der Waals surface area (Å²) >= 11 is 5.75. The van der Waals surface area contributed by atoms with Crippen LogP contribution in [0.15, 0.2) is 30.5 Å². The first kappa shape index (κ1) is 13.4. The molecule has 1 aromatic heterocycles. The minimum Gasteiger partial charge on any atom is -0.496 e. The van der Waals surface area contributed by atoms with Crippen LogP contribution in [0.5, 0.6) is 5.75 Å². The van der Waals surface area contributed by atoms with E-state index in [-0.39, 0.29) is 10.7 Å². The number of hydrogen-bond donors (Lipinski definition) is 1. The average Bonchev–Trinajstić information content (AvgIpc) is 2.38. The van der Waals surface area contributed by atoms with Crippen LogP contribution < -0.4 is 4.74 Å². The zero-order chi connectivity index (χ0) is 14.0. The van der Waals surface area contributed by atoms with Gasteiger partial charge in [-0.25, -0.2) is 9.78 Å². The van der Waals surface area contributed by atoms with Crippen molar-refractivity contribution in [1.29, 1.82) is 0 Å². The number of carboxylic acid groups (broad SMARTS) is 1. The number of carboxylic acids is 1. The number of rotatable bonds is 3. The van der Waals surface area contributed by atoms with Crippen LogP contribution in [0.1, 0.15) is 15.9 Å². The van der Waals surface area contributed by atoms with Crippen molar-refractivity contribution in [3.8, 4) is 16.9 Å². The van der Waals surface area contributed by atoms with E-state index in [4.69, 9.17) is 16.3 Å². The molecule has 4 nitrogen and oxygen atoms in total. The van der Waals surface area contributed by atoms with E-state index in [9.17, 15) is 9.90 Å². The third-order valence-corrected chi connectivity index (χ3v) is 2.95. The van der Waals surface area contributed by atoms with Crippen molar-refractivity contribution >= 4 is 17.6 Å². The molecular formula is C14H12ClNO3. The summed E-state index contributed by atoms with van der Waals surface area (Å²) in [6.45, 7) is 1.92. The van der Waals surface area contributed by atoms with Gasteiger partial charge in [-0.15, -0.1) is 0 Å². The van der Waals surface area contributed by atoms with E-state index in [1.165, 1.54) is 19.4 Å². The summed E-state index contributed by atoms with van der Waals surface area (Å²) in [5.41, 5.74) is 2.27. The highest BCUT2D eigenvalue weighted by Gasteiger charge is 2.16. The highest BCUT2D eigenvalue weighted by atomic mass is 35.5. The average molecular weight is 278 g/mol. The lowest BCUT2D eigenvalue weighted by Crippen LogP contribution is -2.01. The normalized spacial score (nSPS) is 10.3. The topological polar surface area (TPSA) is 59.4 Å². The Bertz CT molecular complexity index is 641. The van der Waals surface area contributed by atoms with Crippen LogP contribution in [0.3, 0.4) is 0 Å². The second kappa shape index (κ2) is 5.28. The summed E-state index contributed by atoms with van der Waals surface area (Å²) in [6.07, 6.45) is 1.45. The van der Waals surface area contributed by atoms with Crippen LogP contribution >= 0.6 is 11.6 Å². The van der Waals surface area contributed by atoms with Crippen LogP contribution in [-0.4, -0.2) is 23.2 Å². The number of aromatic carboxylic acids is 1. The van der Waals surface area contributed by atoms with Gasteiger partial charge in [0.15, 0.2) is 0 Å². The Hall–Kier alpha value is -2.07. The monoisotopic (exact) mass is 277 g/mol. The van der Waals surface area contributed by atoms with Gasteiger partial charge in [0, 0.05) is 17.3 Å². The smallest absolute Gasteiger partial charge is 0.336 e.